The maximum atomic E-state index is 4.25. The summed E-state index contributed by atoms with van der Waals surface area (Å²) >= 11 is 0. The maximum Gasteiger partial charge on any atom is 0.00385 e. The Morgan fingerprint density at radius 2 is 1.77 bits per heavy atom. The molecule has 0 saturated carbocycles. The van der Waals surface area contributed by atoms with E-state index in [0.717, 1.165) is 6.42 Å². The van der Waals surface area contributed by atoms with Crippen LogP contribution in [0.4, 0.5) is 0 Å². The minimum absolute atomic E-state index is 0. The van der Waals surface area contributed by atoms with Gasteiger partial charge < -0.3 is 18.7 Å². The summed E-state index contributed by atoms with van der Waals surface area (Å²) in [6, 6.07) is 0.694. The third-order valence-corrected chi connectivity index (χ3v) is 3.12. The minimum atomic E-state index is 0. The van der Waals surface area contributed by atoms with E-state index >= 15 is 0 Å². The van der Waals surface area contributed by atoms with Crippen molar-refractivity contribution < 1.29 is 32.7 Å². The van der Waals surface area contributed by atoms with Crippen LogP contribution in [0.1, 0.15) is 33.1 Å². The third kappa shape index (κ3) is 3.97. The molecule has 0 aromatic carbocycles. The van der Waals surface area contributed by atoms with E-state index in [-0.39, 0.29) is 38.1 Å². The van der Waals surface area contributed by atoms with Crippen molar-refractivity contribution in [1.29, 1.82) is 0 Å². The molecule has 1 nitrogen and oxygen atoms in total. The summed E-state index contributed by atoms with van der Waals surface area (Å²) in [5.41, 5.74) is 0.283. The standard InChI is InChI=1S/C11H21N.Y/c1-5-11(4)6-8-12(9-7-11)10(2)3;/h10H,1,4-9H2,2-3H3;/q-2;. The Labute approximate surface area is 109 Å². The fourth-order valence-corrected chi connectivity index (χ4v) is 1.76. The molecular formula is C11H21NY-2. The molecule has 0 aliphatic carbocycles. The van der Waals surface area contributed by atoms with Crippen molar-refractivity contribution in [1.82, 2.24) is 4.90 Å². The van der Waals surface area contributed by atoms with Crippen LogP contribution in [0.5, 0.6) is 0 Å². The first-order valence-corrected chi connectivity index (χ1v) is 4.96. The van der Waals surface area contributed by atoms with E-state index in [2.05, 4.69) is 32.6 Å². The van der Waals surface area contributed by atoms with Crippen LogP contribution in [-0.2, 0) is 32.7 Å². The molecule has 13 heavy (non-hydrogen) atoms. The van der Waals surface area contributed by atoms with Crippen LogP contribution in [0, 0.1) is 19.3 Å². The van der Waals surface area contributed by atoms with E-state index in [0.29, 0.717) is 6.04 Å². The van der Waals surface area contributed by atoms with Gasteiger partial charge in [0, 0.05) is 38.8 Å². The van der Waals surface area contributed by atoms with Gasteiger partial charge in [-0.2, -0.15) is 5.41 Å². The van der Waals surface area contributed by atoms with Crippen molar-refractivity contribution in [3.05, 3.63) is 13.8 Å². The number of rotatable bonds is 2. The number of likely N-dealkylation sites (tertiary alicyclic amines) is 1. The van der Waals surface area contributed by atoms with Crippen molar-refractivity contribution >= 4 is 0 Å². The zero-order valence-electron chi connectivity index (χ0n) is 9.05. The second-order valence-corrected chi connectivity index (χ2v) is 4.38. The molecule has 1 rings (SSSR count). The summed E-state index contributed by atoms with van der Waals surface area (Å²) < 4.78 is 0. The van der Waals surface area contributed by atoms with Gasteiger partial charge >= 0.3 is 0 Å². The van der Waals surface area contributed by atoms with E-state index in [1.165, 1.54) is 25.9 Å². The SMILES string of the molecule is [CH2-]CC1([CH2-])CCN(C(C)C)CC1.[Y]. The van der Waals surface area contributed by atoms with Gasteiger partial charge in [0.2, 0.25) is 0 Å². The van der Waals surface area contributed by atoms with Crippen molar-refractivity contribution in [3.63, 3.8) is 0 Å². The van der Waals surface area contributed by atoms with Gasteiger partial charge in [0.25, 0.3) is 0 Å². The fourth-order valence-electron chi connectivity index (χ4n) is 1.76. The third-order valence-electron chi connectivity index (χ3n) is 3.12. The van der Waals surface area contributed by atoms with Gasteiger partial charge in [-0.3, -0.25) is 0 Å². The molecule has 0 aromatic heterocycles. The Morgan fingerprint density at radius 1 is 1.31 bits per heavy atom. The molecule has 2 heteroatoms. The maximum absolute atomic E-state index is 4.25. The normalized spacial score (nSPS) is 22.8. The van der Waals surface area contributed by atoms with Crippen LogP contribution in [0.3, 0.4) is 0 Å². The Kier molecular flexibility index (Phi) is 6.30. The van der Waals surface area contributed by atoms with Crippen LogP contribution >= 0.6 is 0 Å². The van der Waals surface area contributed by atoms with E-state index in [1.807, 2.05) is 0 Å². The van der Waals surface area contributed by atoms with Crippen LogP contribution in [-0.4, -0.2) is 24.0 Å². The van der Waals surface area contributed by atoms with Gasteiger partial charge in [-0.05, 0) is 26.9 Å². The first-order valence-electron chi connectivity index (χ1n) is 4.96. The predicted octanol–water partition coefficient (Wildman–Crippen LogP) is 2.53. The summed E-state index contributed by atoms with van der Waals surface area (Å²) in [7, 11) is 0. The molecule has 0 atom stereocenters. The van der Waals surface area contributed by atoms with Gasteiger partial charge in [-0.15, -0.1) is 0 Å². The fraction of sp³-hybridized carbons (Fsp3) is 0.818. The summed E-state index contributed by atoms with van der Waals surface area (Å²) in [5, 5.41) is 0. The minimum Gasteiger partial charge on any atom is -0.345 e. The van der Waals surface area contributed by atoms with Crippen LogP contribution in [0.15, 0.2) is 0 Å². The molecular weight excluding hydrogens is 235 g/mol. The van der Waals surface area contributed by atoms with Gasteiger partial charge in [0.15, 0.2) is 0 Å². The van der Waals surface area contributed by atoms with Crippen LogP contribution in [0.2, 0.25) is 0 Å². The average molecular weight is 256 g/mol. The molecule has 0 bridgehead atoms. The summed E-state index contributed by atoms with van der Waals surface area (Å²) in [4.78, 5) is 2.53. The summed E-state index contributed by atoms with van der Waals surface area (Å²) in [6.45, 7) is 15.2. The Balaban J connectivity index is 0.00000144. The van der Waals surface area contributed by atoms with Crippen molar-refractivity contribution in [2.45, 2.75) is 39.2 Å². The second kappa shape index (κ2) is 5.83. The van der Waals surface area contributed by atoms with E-state index in [4.69, 9.17) is 0 Å². The largest absolute Gasteiger partial charge is 0.345 e. The smallest absolute Gasteiger partial charge is 0.00385 e. The van der Waals surface area contributed by atoms with Gasteiger partial charge in [0.1, 0.15) is 0 Å². The second-order valence-electron chi connectivity index (χ2n) is 4.38. The van der Waals surface area contributed by atoms with Crippen molar-refractivity contribution in [3.8, 4) is 0 Å². The molecule has 0 spiro atoms. The number of hydrogen-bond donors (Lipinski definition) is 0. The molecule has 1 saturated heterocycles. The molecule has 0 N–H and O–H groups in total. The number of nitrogens with zero attached hydrogens (tertiary/aromatic N) is 1. The van der Waals surface area contributed by atoms with Crippen molar-refractivity contribution in [2.24, 2.45) is 5.41 Å². The zero-order valence-corrected chi connectivity index (χ0v) is 11.9. The summed E-state index contributed by atoms with van der Waals surface area (Å²) in [6.07, 6.45) is 3.42. The zero-order chi connectivity index (χ0) is 9.19. The first kappa shape index (κ1) is 14.1. The molecule has 1 aliphatic rings. The molecule has 1 aliphatic heterocycles. The average Bonchev–Trinajstić information content (AvgIpc) is 2.05. The van der Waals surface area contributed by atoms with Gasteiger partial charge in [-0.1, -0.05) is 12.8 Å². The van der Waals surface area contributed by atoms with E-state index in [9.17, 15) is 0 Å². The molecule has 75 valence electrons. The van der Waals surface area contributed by atoms with Crippen LogP contribution < -0.4 is 0 Å². The Hall–Kier alpha value is 1.06. The molecule has 0 amide bonds. The number of piperidine rings is 1. The first-order chi connectivity index (χ1) is 5.57. The molecule has 0 aromatic rings. The quantitative estimate of drug-likeness (QED) is 0.686. The van der Waals surface area contributed by atoms with Gasteiger partial charge in [0.05, 0.1) is 0 Å². The summed E-state index contributed by atoms with van der Waals surface area (Å²) in [5.74, 6) is 0. The Morgan fingerprint density at radius 3 is 2.08 bits per heavy atom. The molecule has 1 radical (unpaired) electrons. The Bertz CT molecular complexity index is 137. The predicted molar refractivity (Wildman–Crippen MR) is 53.7 cm³/mol. The van der Waals surface area contributed by atoms with Crippen molar-refractivity contribution in [2.75, 3.05) is 13.1 Å². The molecule has 0 unspecified atom stereocenters. The topological polar surface area (TPSA) is 3.24 Å². The molecule has 1 heterocycles. The molecule has 1 fully saturated rings. The monoisotopic (exact) mass is 256 g/mol. The van der Waals surface area contributed by atoms with E-state index in [1.54, 1.807) is 0 Å². The number of hydrogen-bond acceptors (Lipinski definition) is 1. The van der Waals surface area contributed by atoms with Gasteiger partial charge in [-0.25, -0.2) is 6.42 Å². The van der Waals surface area contributed by atoms with E-state index < -0.39 is 0 Å². The van der Waals surface area contributed by atoms with Crippen LogP contribution in [0.25, 0.3) is 0 Å².